The van der Waals surface area contributed by atoms with Gasteiger partial charge in [-0.05, 0) is 34.1 Å². The molecular formula is C9H9Br3O2. The van der Waals surface area contributed by atoms with E-state index in [0.717, 1.165) is 14.7 Å². The molecule has 2 nitrogen and oxygen atoms in total. The van der Waals surface area contributed by atoms with Gasteiger partial charge in [0.15, 0.2) is 0 Å². The van der Waals surface area contributed by atoms with Gasteiger partial charge < -0.3 is 9.84 Å². The summed E-state index contributed by atoms with van der Waals surface area (Å²) in [7, 11) is 0. The van der Waals surface area contributed by atoms with Crippen LogP contribution in [0.1, 0.15) is 0 Å². The van der Waals surface area contributed by atoms with Gasteiger partial charge in [0.2, 0.25) is 0 Å². The maximum Gasteiger partial charge on any atom is 0.133 e. The molecule has 0 radical (unpaired) electrons. The number of aliphatic hydroxyl groups excluding tert-OH is 1. The van der Waals surface area contributed by atoms with Crippen molar-refractivity contribution in [1.82, 2.24) is 0 Å². The van der Waals surface area contributed by atoms with Crippen LogP contribution in [0.4, 0.5) is 0 Å². The number of alkyl halides is 1. The lowest BCUT2D eigenvalue weighted by Crippen LogP contribution is -2.18. The number of halogens is 3. The van der Waals surface area contributed by atoms with Crippen molar-refractivity contribution in [3.8, 4) is 5.75 Å². The molecule has 0 aliphatic heterocycles. The lowest BCUT2D eigenvalue weighted by atomic mass is 10.3. The summed E-state index contributed by atoms with van der Waals surface area (Å²) in [6.45, 7) is 0.283. The Labute approximate surface area is 108 Å². The van der Waals surface area contributed by atoms with Crippen LogP contribution in [0.5, 0.6) is 5.75 Å². The van der Waals surface area contributed by atoms with E-state index in [1.165, 1.54) is 0 Å². The zero-order valence-corrected chi connectivity index (χ0v) is 12.0. The quantitative estimate of drug-likeness (QED) is 0.801. The Morgan fingerprint density at radius 1 is 1.36 bits per heavy atom. The van der Waals surface area contributed by atoms with E-state index in [-0.39, 0.29) is 6.61 Å². The Hall–Kier alpha value is 0.420. The van der Waals surface area contributed by atoms with Gasteiger partial charge in [0.05, 0.1) is 10.6 Å². The molecule has 0 spiro atoms. The fourth-order valence-corrected chi connectivity index (χ4v) is 2.17. The minimum absolute atomic E-state index is 0.283. The fraction of sp³-hybridized carbons (Fsp3) is 0.333. The highest BCUT2D eigenvalue weighted by molar-refractivity contribution is 9.11. The monoisotopic (exact) mass is 386 g/mol. The first kappa shape index (κ1) is 12.5. The summed E-state index contributed by atoms with van der Waals surface area (Å²) >= 11 is 9.89. The summed E-state index contributed by atoms with van der Waals surface area (Å²) in [4.78, 5) is 0. The largest absolute Gasteiger partial charge is 0.490 e. The second kappa shape index (κ2) is 6.10. The van der Waals surface area contributed by atoms with Crippen LogP contribution in [0.25, 0.3) is 0 Å². The van der Waals surface area contributed by atoms with Crippen LogP contribution in [0.3, 0.4) is 0 Å². The van der Waals surface area contributed by atoms with E-state index in [0.29, 0.717) is 5.33 Å². The first-order valence-electron chi connectivity index (χ1n) is 3.95. The highest BCUT2D eigenvalue weighted by atomic mass is 79.9. The lowest BCUT2D eigenvalue weighted by Gasteiger charge is -2.11. The minimum Gasteiger partial charge on any atom is -0.490 e. The number of rotatable bonds is 4. The van der Waals surface area contributed by atoms with E-state index in [4.69, 9.17) is 4.74 Å². The second-order valence-corrected chi connectivity index (χ2v) is 5.11. The summed E-state index contributed by atoms with van der Waals surface area (Å²) in [5.74, 6) is 0.730. The SMILES string of the molecule is OC(CBr)COc1ccc(Br)cc1Br. The molecule has 14 heavy (non-hydrogen) atoms. The van der Waals surface area contributed by atoms with E-state index in [9.17, 15) is 5.11 Å². The van der Waals surface area contributed by atoms with Gasteiger partial charge in [-0.2, -0.15) is 0 Å². The van der Waals surface area contributed by atoms with Crippen LogP contribution in [0.15, 0.2) is 27.1 Å². The van der Waals surface area contributed by atoms with E-state index >= 15 is 0 Å². The van der Waals surface area contributed by atoms with Crippen molar-refractivity contribution < 1.29 is 9.84 Å². The molecule has 0 bridgehead atoms. The van der Waals surface area contributed by atoms with Gasteiger partial charge in [-0.15, -0.1) is 0 Å². The van der Waals surface area contributed by atoms with Crippen LogP contribution in [0, 0.1) is 0 Å². The molecule has 0 amide bonds. The number of hydrogen-bond donors (Lipinski definition) is 1. The van der Waals surface area contributed by atoms with Crippen molar-refractivity contribution >= 4 is 47.8 Å². The first-order chi connectivity index (χ1) is 6.63. The Morgan fingerprint density at radius 2 is 2.07 bits per heavy atom. The van der Waals surface area contributed by atoms with Crippen molar-refractivity contribution in [2.24, 2.45) is 0 Å². The highest BCUT2D eigenvalue weighted by Gasteiger charge is 2.05. The third-order valence-electron chi connectivity index (χ3n) is 1.50. The van der Waals surface area contributed by atoms with Gasteiger partial charge >= 0.3 is 0 Å². The average molecular weight is 389 g/mol. The summed E-state index contributed by atoms with van der Waals surface area (Å²) < 4.78 is 7.25. The van der Waals surface area contributed by atoms with Gasteiger partial charge in [-0.25, -0.2) is 0 Å². The lowest BCUT2D eigenvalue weighted by molar-refractivity contribution is 0.127. The zero-order chi connectivity index (χ0) is 10.6. The standard InChI is InChI=1S/C9H9Br3O2/c10-4-7(13)5-14-9-2-1-6(11)3-8(9)12/h1-3,7,13H,4-5H2. The predicted octanol–water partition coefficient (Wildman–Crippen LogP) is 3.35. The smallest absolute Gasteiger partial charge is 0.133 e. The van der Waals surface area contributed by atoms with Crippen LogP contribution in [-0.4, -0.2) is 23.1 Å². The van der Waals surface area contributed by atoms with Crippen molar-refractivity contribution in [3.63, 3.8) is 0 Å². The molecule has 78 valence electrons. The van der Waals surface area contributed by atoms with E-state index in [1.54, 1.807) is 0 Å². The molecule has 0 fully saturated rings. The van der Waals surface area contributed by atoms with Crippen molar-refractivity contribution in [2.75, 3.05) is 11.9 Å². The van der Waals surface area contributed by atoms with Crippen molar-refractivity contribution in [2.45, 2.75) is 6.10 Å². The predicted molar refractivity (Wildman–Crippen MR) is 67.1 cm³/mol. The third-order valence-corrected chi connectivity index (χ3v) is 3.36. The Bertz CT molecular complexity index is 304. The molecular weight excluding hydrogens is 380 g/mol. The highest BCUT2D eigenvalue weighted by Crippen LogP contribution is 2.28. The molecule has 1 N–H and O–H groups in total. The average Bonchev–Trinajstić information content (AvgIpc) is 2.16. The number of aliphatic hydroxyl groups is 1. The van der Waals surface area contributed by atoms with Crippen LogP contribution in [0.2, 0.25) is 0 Å². The zero-order valence-electron chi connectivity index (χ0n) is 7.21. The van der Waals surface area contributed by atoms with Gasteiger partial charge in [-0.3, -0.25) is 0 Å². The van der Waals surface area contributed by atoms with Gasteiger partial charge in [0, 0.05) is 9.80 Å². The van der Waals surface area contributed by atoms with Crippen molar-refractivity contribution in [1.29, 1.82) is 0 Å². The molecule has 1 unspecified atom stereocenters. The molecule has 1 atom stereocenters. The van der Waals surface area contributed by atoms with Crippen LogP contribution in [-0.2, 0) is 0 Å². The normalized spacial score (nSPS) is 12.6. The molecule has 0 saturated heterocycles. The molecule has 0 saturated carbocycles. The Kier molecular flexibility index (Phi) is 5.44. The minimum atomic E-state index is -0.481. The molecule has 0 heterocycles. The van der Waals surface area contributed by atoms with Crippen LogP contribution < -0.4 is 4.74 Å². The number of benzene rings is 1. The first-order valence-corrected chi connectivity index (χ1v) is 6.66. The molecule has 1 aromatic rings. The molecule has 1 rings (SSSR count). The summed E-state index contributed by atoms with van der Waals surface area (Å²) in [6.07, 6.45) is -0.481. The summed E-state index contributed by atoms with van der Waals surface area (Å²) in [5.41, 5.74) is 0. The molecule has 5 heteroatoms. The van der Waals surface area contributed by atoms with Gasteiger partial charge in [0.1, 0.15) is 12.4 Å². The maximum atomic E-state index is 9.27. The molecule has 1 aromatic carbocycles. The van der Waals surface area contributed by atoms with E-state index < -0.39 is 6.10 Å². The number of ether oxygens (including phenoxy) is 1. The molecule has 0 aromatic heterocycles. The number of hydrogen-bond acceptors (Lipinski definition) is 2. The van der Waals surface area contributed by atoms with Gasteiger partial charge in [-0.1, -0.05) is 31.9 Å². The molecule has 0 aliphatic rings. The Morgan fingerprint density at radius 3 is 2.64 bits per heavy atom. The van der Waals surface area contributed by atoms with E-state index in [2.05, 4.69) is 47.8 Å². The summed E-state index contributed by atoms with van der Waals surface area (Å²) in [6, 6.07) is 5.63. The second-order valence-electron chi connectivity index (χ2n) is 2.69. The third kappa shape index (κ3) is 3.88. The van der Waals surface area contributed by atoms with Crippen LogP contribution >= 0.6 is 47.8 Å². The topological polar surface area (TPSA) is 29.5 Å². The maximum absolute atomic E-state index is 9.27. The Balaban J connectivity index is 2.59. The summed E-state index contributed by atoms with van der Waals surface area (Å²) in [5, 5.41) is 9.78. The molecule has 0 aliphatic carbocycles. The van der Waals surface area contributed by atoms with Gasteiger partial charge in [0.25, 0.3) is 0 Å². The van der Waals surface area contributed by atoms with E-state index in [1.807, 2.05) is 18.2 Å². The van der Waals surface area contributed by atoms with Crippen molar-refractivity contribution in [3.05, 3.63) is 27.1 Å². The fourth-order valence-electron chi connectivity index (χ4n) is 0.823.